The minimum atomic E-state index is -4.01. The molecule has 2 aromatic rings. The van der Waals surface area contributed by atoms with E-state index in [9.17, 15) is 23.3 Å². The first-order valence-electron chi connectivity index (χ1n) is 10.7. The zero-order valence-electron chi connectivity index (χ0n) is 19.3. The molecule has 1 aliphatic rings. The smallest absolute Gasteiger partial charge is 0.271 e. The minimum absolute atomic E-state index is 0.0798. The Kier molecular flexibility index (Phi) is 7.94. The zero-order valence-corrected chi connectivity index (χ0v) is 20.1. The van der Waals surface area contributed by atoms with Crippen LogP contribution in [0.15, 0.2) is 42.5 Å². The Morgan fingerprint density at radius 2 is 1.88 bits per heavy atom. The minimum Gasteiger partial charge on any atom is -0.495 e. The number of nitro benzene ring substituents is 1. The van der Waals surface area contributed by atoms with Crippen LogP contribution in [0.2, 0.25) is 0 Å². The topological polar surface area (TPSA) is 131 Å². The Balaban J connectivity index is 1.89. The van der Waals surface area contributed by atoms with E-state index >= 15 is 0 Å². The van der Waals surface area contributed by atoms with Crippen LogP contribution in [-0.4, -0.2) is 65.0 Å². The number of nitro groups is 1. The van der Waals surface area contributed by atoms with Gasteiger partial charge in [0.2, 0.25) is 15.9 Å². The molecule has 0 aliphatic carbocycles. The summed E-state index contributed by atoms with van der Waals surface area (Å²) in [5.41, 5.74) is 1.09. The van der Waals surface area contributed by atoms with Gasteiger partial charge in [-0.15, -0.1) is 0 Å². The van der Waals surface area contributed by atoms with E-state index < -0.39 is 26.9 Å². The number of amides is 1. The van der Waals surface area contributed by atoms with Crippen LogP contribution in [0.25, 0.3) is 0 Å². The maximum Gasteiger partial charge on any atom is 0.271 e. The average molecular weight is 493 g/mol. The van der Waals surface area contributed by atoms with E-state index in [0.29, 0.717) is 18.9 Å². The molecule has 1 aliphatic heterocycles. The van der Waals surface area contributed by atoms with Crippen molar-refractivity contribution in [3.8, 4) is 5.75 Å². The van der Waals surface area contributed by atoms with Gasteiger partial charge in [0.25, 0.3) is 5.69 Å². The fraction of sp³-hybridized carbons (Fsp3) is 0.409. The van der Waals surface area contributed by atoms with Crippen LogP contribution in [0.5, 0.6) is 5.75 Å². The number of sulfonamides is 1. The molecule has 0 unspecified atom stereocenters. The van der Waals surface area contributed by atoms with Gasteiger partial charge >= 0.3 is 0 Å². The number of hydrogen-bond acceptors (Lipinski definition) is 8. The van der Waals surface area contributed by atoms with E-state index in [-0.39, 0.29) is 23.5 Å². The van der Waals surface area contributed by atoms with Crippen molar-refractivity contribution in [2.24, 2.45) is 0 Å². The van der Waals surface area contributed by atoms with Crippen LogP contribution in [0.1, 0.15) is 13.3 Å². The van der Waals surface area contributed by atoms with Crippen LogP contribution < -0.4 is 19.3 Å². The van der Waals surface area contributed by atoms with Gasteiger partial charge in [-0.2, -0.15) is 0 Å². The molecule has 1 N–H and O–H groups in total. The molecular weight excluding hydrogens is 464 g/mol. The maximum absolute atomic E-state index is 13.2. The highest BCUT2D eigenvalue weighted by Crippen LogP contribution is 2.36. The number of rotatable bonds is 9. The van der Waals surface area contributed by atoms with E-state index in [2.05, 4.69) is 10.2 Å². The fourth-order valence-corrected chi connectivity index (χ4v) is 5.01. The van der Waals surface area contributed by atoms with E-state index in [1.54, 1.807) is 19.1 Å². The first-order chi connectivity index (χ1) is 16.2. The highest BCUT2D eigenvalue weighted by molar-refractivity contribution is 7.92. The van der Waals surface area contributed by atoms with Gasteiger partial charge in [-0.05, 0) is 36.8 Å². The summed E-state index contributed by atoms with van der Waals surface area (Å²) in [6.45, 7) is 4.52. The summed E-state index contributed by atoms with van der Waals surface area (Å²) in [6.07, 6.45) is 1.06. The molecule has 0 saturated carbocycles. The van der Waals surface area contributed by atoms with Gasteiger partial charge in [0.1, 0.15) is 17.5 Å². The second-order valence-corrected chi connectivity index (χ2v) is 9.59. The van der Waals surface area contributed by atoms with Crippen LogP contribution in [0, 0.1) is 10.1 Å². The molecular formula is C22H28N4O7S. The first kappa shape index (κ1) is 25.2. The average Bonchev–Trinajstić information content (AvgIpc) is 2.82. The summed E-state index contributed by atoms with van der Waals surface area (Å²) in [5.74, 6) is -0.474. The number of nitrogens with zero attached hydrogens (tertiary/aromatic N) is 3. The standard InChI is InChI=1S/C22H28N4O7S/c1-4-19(22(27)23-16-5-7-17(8-6-16)24-11-13-33-14-12-24)25(34(3,30)31)20-15-18(26(28)29)9-10-21(20)32-2/h5-10,15,19H,4,11-14H2,1-3H3,(H,23,27)/t19-/m1/s1. The second-order valence-electron chi connectivity index (χ2n) is 7.73. The number of hydrogen-bond donors (Lipinski definition) is 1. The molecule has 1 amide bonds. The van der Waals surface area contributed by atoms with Crippen molar-refractivity contribution in [1.82, 2.24) is 0 Å². The molecule has 2 aromatic carbocycles. The Hall–Kier alpha value is -3.38. The second kappa shape index (κ2) is 10.7. The zero-order chi connectivity index (χ0) is 24.9. The number of methoxy groups -OCH3 is 1. The molecule has 1 fully saturated rings. The maximum atomic E-state index is 13.2. The molecule has 184 valence electrons. The summed E-state index contributed by atoms with van der Waals surface area (Å²) < 4.78 is 37.0. The van der Waals surface area contributed by atoms with E-state index in [1.165, 1.54) is 19.2 Å². The molecule has 12 heteroatoms. The van der Waals surface area contributed by atoms with Crippen LogP contribution in [0.3, 0.4) is 0 Å². The van der Waals surface area contributed by atoms with Crippen LogP contribution >= 0.6 is 0 Å². The molecule has 1 atom stereocenters. The molecule has 1 heterocycles. The summed E-state index contributed by atoms with van der Waals surface area (Å²) in [4.78, 5) is 26.0. The number of ether oxygens (including phenoxy) is 2. The number of carbonyl (C=O) groups excluding carboxylic acids is 1. The number of carbonyl (C=O) groups is 1. The number of anilines is 3. The van der Waals surface area contributed by atoms with Crippen molar-refractivity contribution >= 4 is 38.7 Å². The highest BCUT2D eigenvalue weighted by Gasteiger charge is 2.34. The van der Waals surface area contributed by atoms with Gasteiger partial charge < -0.3 is 19.7 Å². The van der Waals surface area contributed by atoms with Crippen molar-refractivity contribution in [2.45, 2.75) is 19.4 Å². The van der Waals surface area contributed by atoms with Crippen LogP contribution in [-0.2, 0) is 19.6 Å². The molecule has 34 heavy (non-hydrogen) atoms. The fourth-order valence-electron chi connectivity index (χ4n) is 3.80. The summed E-state index contributed by atoms with van der Waals surface area (Å²) >= 11 is 0. The van der Waals surface area contributed by atoms with Crippen molar-refractivity contribution in [2.75, 3.05) is 54.2 Å². The van der Waals surface area contributed by atoms with Crippen molar-refractivity contribution in [1.29, 1.82) is 0 Å². The number of non-ortho nitro benzene ring substituents is 1. The molecule has 0 bridgehead atoms. The summed E-state index contributed by atoms with van der Waals surface area (Å²) in [7, 11) is -2.69. The van der Waals surface area contributed by atoms with E-state index in [4.69, 9.17) is 9.47 Å². The Bertz CT molecular complexity index is 1130. The van der Waals surface area contributed by atoms with Crippen LogP contribution in [0.4, 0.5) is 22.7 Å². The Labute approximate surface area is 198 Å². The lowest BCUT2D eigenvalue weighted by Crippen LogP contribution is -2.47. The normalized spacial score (nSPS) is 14.9. The third kappa shape index (κ3) is 5.75. The monoisotopic (exact) mass is 492 g/mol. The summed E-state index contributed by atoms with van der Waals surface area (Å²) in [5, 5.41) is 14.0. The third-order valence-corrected chi connectivity index (χ3v) is 6.62. The lowest BCUT2D eigenvalue weighted by atomic mass is 10.1. The predicted molar refractivity (Wildman–Crippen MR) is 129 cm³/mol. The predicted octanol–water partition coefficient (Wildman–Crippen LogP) is 2.62. The number of benzene rings is 2. The Morgan fingerprint density at radius 1 is 1.24 bits per heavy atom. The largest absolute Gasteiger partial charge is 0.495 e. The molecule has 11 nitrogen and oxygen atoms in total. The number of nitrogens with one attached hydrogen (secondary N) is 1. The molecule has 3 rings (SSSR count). The Morgan fingerprint density at radius 3 is 2.41 bits per heavy atom. The lowest BCUT2D eigenvalue weighted by molar-refractivity contribution is -0.384. The van der Waals surface area contributed by atoms with Gasteiger partial charge in [-0.3, -0.25) is 19.2 Å². The third-order valence-electron chi connectivity index (χ3n) is 5.45. The molecule has 1 saturated heterocycles. The van der Waals surface area contributed by atoms with Gasteiger partial charge in [-0.1, -0.05) is 6.92 Å². The molecule has 0 radical (unpaired) electrons. The molecule has 0 spiro atoms. The molecule has 0 aromatic heterocycles. The van der Waals surface area contributed by atoms with E-state index in [1.807, 2.05) is 12.1 Å². The highest BCUT2D eigenvalue weighted by atomic mass is 32.2. The lowest BCUT2D eigenvalue weighted by Gasteiger charge is -2.31. The van der Waals surface area contributed by atoms with Gasteiger partial charge in [0, 0.05) is 36.6 Å². The quantitative estimate of drug-likeness (QED) is 0.417. The SMILES string of the molecule is CC[C@H](C(=O)Nc1ccc(N2CCOCC2)cc1)N(c1cc([N+](=O)[O-])ccc1OC)S(C)(=O)=O. The van der Waals surface area contributed by atoms with E-state index in [0.717, 1.165) is 35.4 Å². The van der Waals surface area contributed by atoms with Gasteiger partial charge in [-0.25, -0.2) is 8.42 Å². The van der Waals surface area contributed by atoms with Gasteiger partial charge in [0.15, 0.2) is 0 Å². The van der Waals surface area contributed by atoms with Crippen molar-refractivity contribution in [3.05, 3.63) is 52.6 Å². The van der Waals surface area contributed by atoms with Crippen molar-refractivity contribution < 1.29 is 27.6 Å². The van der Waals surface area contributed by atoms with Gasteiger partial charge in [0.05, 0.1) is 31.5 Å². The first-order valence-corrected chi connectivity index (χ1v) is 12.6. The number of morpholine rings is 1. The van der Waals surface area contributed by atoms with Crippen molar-refractivity contribution in [3.63, 3.8) is 0 Å². The summed E-state index contributed by atoms with van der Waals surface area (Å²) in [6, 6.07) is 9.68.